The van der Waals surface area contributed by atoms with Crippen LogP contribution in [0.25, 0.3) is 0 Å². The highest BCUT2D eigenvalue weighted by Crippen LogP contribution is 2.24. The first kappa shape index (κ1) is 20.6. The van der Waals surface area contributed by atoms with E-state index in [1.807, 2.05) is 30.3 Å². The van der Waals surface area contributed by atoms with E-state index in [4.69, 9.17) is 4.74 Å². The van der Waals surface area contributed by atoms with Crippen LogP contribution in [0.2, 0.25) is 0 Å². The second-order valence-corrected chi connectivity index (χ2v) is 7.03. The first-order chi connectivity index (χ1) is 14.0. The van der Waals surface area contributed by atoms with Crippen molar-refractivity contribution in [1.29, 1.82) is 0 Å². The summed E-state index contributed by atoms with van der Waals surface area (Å²) in [6.45, 7) is 3.86. The summed E-state index contributed by atoms with van der Waals surface area (Å²) in [7, 11) is 0. The zero-order valence-corrected chi connectivity index (χ0v) is 16.5. The summed E-state index contributed by atoms with van der Waals surface area (Å²) in [4.78, 5) is 53.5. The Hall–Kier alpha value is -3.10. The van der Waals surface area contributed by atoms with E-state index in [9.17, 15) is 19.2 Å². The van der Waals surface area contributed by atoms with Gasteiger partial charge in [-0.25, -0.2) is 4.79 Å². The van der Waals surface area contributed by atoms with Crippen molar-refractivity contribution in [3.8, 4) is 0 Å². The van der Waals surface area contributed by atoms with Crippen LogP contribution < -0.4 is 10.2 Å². The fourth-order valence-electron chi connectivity index (χ4n) is 3.51. The predicted molar refractivity (Wildman–Crippen MR) is 105 cm³/mol. The van der Waals surface area contributed by atoms with Crippen molar-refractivity contribution in [3.63, 3.8) is 0 Å². The molecule has 2 aliphatic heterocycles. The highest BCUT2D eigenvalue weighted by atomic mass is 16.6. The van der Waals surface area contributed by atoms with Crippen molar-refractivity contribution < 1.29 is 23.9 Å². The van der Waals surface area contributed by atoms with Gasteiger partial charge < -0.3 is 24.8 Å². The molecular weight excluding hydrogens is 376 g/mol. The summed E-state index contributed by atoms with van der Waals surface area (Å²) < 4.78 is 4.96. The molecule has 2 heterocycles. The summed E-state index contributed by atoms with van der Waals surface area (Å²) in [5.41, 5.74) is 0.767. The molecule has 0 bridgehead atoms. The quantitative estimate of drug-likeness (QED) is 0.771. The van der Waals surface area contributed by atoms with Gasteiger partial charge in [-0.05, 0) is 19.1 Å². The maximum atomic E-state index is 12.4. The van der Waals surface area contributed by atoms with Gasteiger partial charge in [0.1, 0.15) is 0 Å². The molecule has 9 nitrogen and oxygen atoms in total. The second-order valence-electron chi connectivity index (χ2n) is 7.03. The van der Waals surface area contributed by atoms with Crippen molar-refractivity contribution in [1.82, 2.24) is 15.1 Å². The Morgan fingerprint density at radius 2 is 1.72 bits per heavy atom. The van der Waals surface area contributed by atoms with Crippen molar-refractivity contribution in [2.24, 2.45) is 5.92 Å². The molecule has 0 saturated carbocycles. The molecular formula is C20H26N4O5. The van der Waals surface area contributed by atoms with Gasteiger partial charge in [-0.15, -0.1) is 0 Å². The van der Waals surface area contributed by atoms with Crippen LogP contribution in [0.1, 0.15) is 13.3 Å². The first-order valence-electron chi connectivity index (χ1n) is 9.82. The minimum absolute atomic E-state index is 0.0993. The third-order valence-electron chi connectivity index (χ3n) is 5.14. The molecule has 2 fully saturated rings. The van der Waals surface area contributed by atoms with Gasteiger partial charge in [0.25, 0.3) is 0 Å². The van der Waals surface area contributed by atoms with E-state index in [1.165, 1.54) is 0 Å². The lowest BCUT2D eigenvalue weighted by atomic mass is 10.1. The van der Waals surface area contributed by atoms with Gasteiger partial charge in [-0.1, -0.05) is 18.2 Å². The maximum absolute atomic E-state index is 12.4. The first-order valence-corrected chi connectivity index (χ1v) is 9.82. The van der Waals surface area contributed by atoms with Crippen LogP contribution in [0.5, 0.6) is 0 Å². The largest absolute Gasteiger partial charge is 0.450 e. The molecule has 0 radical (unpaired) electrons. The lowest BCUT2D eigenvalue weighted by Gasteiger charge is -2.34. The Balaban J connectivity index is 1.43. The number of benzene rings is 1. The second kappa shape index (κ2) is 9.40. The van der Waals surface area contributed by atoms with Crippen LogP contribution in [-0.4, -0.2) is 79.5 Å². The molecule has 1 atom stereocenters. The zero-order valence-electron chi connectivity index (χ0n) is 16.5. The highest BCUT2D eigenvalue weighted by Gasteiger charge is 2.35. The molecule has 156 valence electrons. The minimum Gasteiger partial charge on any atom is -0.450 e. The Labute approximate surface area is 169 Å². The third-order valence-corrected chi connectivity index (χ3v) is 5.14. The number of ether oxygens (including phenoxy) is 1. The van der Waals surface area contributed by atoms with Crippen molar-refractivity contribution >= 4 is 29.5 Å². The summed E-state index contributed by atoms with van der Waals surface area (Å²) in [6.07, 6.45) is -0.241. The number of amides is 4. The van der Waals surface area contributed by atoms with Crippen molar-refractivity contribution in [2.45, 2.75) is 13.3 Å². The number of rotatable bonds is 5. The number of para-hydroxylation sites is 1. The van der Waals surface area contributed by atoms with Crippen LogP contribution in [0.4, 0.5) is 10.5 Å². The lowest BCUT2D eigenvalue weighted by molar-refractivity contribution is -0.135. The molecule has 1 unspecified atom stereocenters. The summed E-state index contributed by atoms with van der Waals surface area (Å²) in [5.74, 6) is -1.07. The van der Waals surface area contributed by atoms with Gasteiger partial charge in [0.15, 0.2) is 0 Å². The average Bonchev–Trinajstić information content (AvgIpc) is 3.14. The molecule has 1 N–H and O–H groups in total. The SMILES string of the molecule is CCOC(=O)N1CCN(C(=O)CNC(=O)C2CC(=O)N(c3ccccc3)C2)CC1. The number of anilines is 1. The van der Waals surface area contributed by atoms with Crippen LogP contribution in [-0.2, 0) is 19.1 Å². The molecule has 0 aromatic heterocycles. The Morgan fingerprint density at radius 3 is 2.38 bits per heavy atom. The van der Waals surface area contributed by atoms with Crippen molar-refractivity contribution in [2.75, 3.05) is 50.8 Å². The summed E-state index contributed by atoms with van der Waals surface area (Å²) in [5, 5.41) is 2.65. The number of carbonyl (C=O) groups is 4. The molecule has 0 aliphatic carbocycles. The molecule has 2 aliphatic rings. The number of piperazine rings is 1. The maximum Gasteiger partial charge on any atom is 0.409 e. The van der Waals surface area contributed by atoms with E-state index in [2.05, 4.69) is 5.32 Å². The molecule has 4 amide bonds. The molecule has 9 heteroatoms. The predicted octanol–water partition coefficient (Wildman–Crippen LogP) is 0.456. The normalized spacial score (nSPS) is 19.3. The molecule has 1 aromatic carbocycles. The van der Waals surface area contributed by atoms with E-state index in [-0.39, 0.29) is 36.8 Å². The van der Waals surface area contributed by atoms with Crippen LogP contribution in [0.3, 0.4) is 0 Å². The Bertz CT molecular complexity index is 761. The van der Waals surface area contributed by atoms with E-state index >= 15 is 0 Å². The monoisotopic (exact) mass is 402 g/mol. The van der Waals surface area contributed by atoms with Gasteiger partial charge in [-0.2, -0.15) is 0 Å². The molecule has 3 rings (SSSR count). The minimum atomic E-state index is -0.476. The summed E-state index contributed by atoms with van der Waals surface area (Å²) in [6, 6.07) is 9.22. The number of hydrogen-bond acceptors (Lipinski definition) is 5. The highest BCUT2D eigenvalue weighted by molar-refractivity contribution is 6.00. The van der Waals surface area contributed by atoms with Gasteiger partial charge in [0.2, 0.25) is 17.7 Å². The van der Waals surface area contributed by atoms with E-state index in [1.54, 1.807) is 21.6 Å². The average molecular weight is 402 g/mol. The fraction of sp³-hybridized carbons (Fsp3) is 0.500. The van der Waals surface area contributed by atoms with Crippen LogP contribution in [0, 0.1) is 5.92 Å². The topological polar surface area (TPSA) is 99.3 Å². The Morgan fingerprint density at radius 1 is 1.07 bits per heavy atom. The van der Waals surface area contributed by atoms with E-state index in [0.717, 1.165) is 5.69 Å². The molecule has 29 heavy (non-hydrogen) atoms. The van der Waals surface area contributed by atoms with Gasteiger partial charge >= 0.3 is 6.09 Å². The summed E-state index contributed by atoms with van der Waals surface area (Å²) >= 11 is 0. The van der Waals surface area contributed by atoms with Gasteiger partial charge in [0.05, 0.1) is 19.1 Å². The molecule has 0 spiro atoms. The van der Waals surface area contributed by atoms with E-state index in [0.29, 0.717) is 39.3 Å². The number of carbonyl (C=O) groups excluding carboxylic acids is 4. The number of hydrogen-bond donors (Lipinski definition) is 1. The smallest absolute Gasteiger partial charge is 0.409 e. The zero-order chi connectivity index (χ0) is 20.8. The molecule has 2 saturated heterocycles. The van der Waals surface area contributed by atoms with E-state index < -0.39 is 5.92 Å². The van der Waals surface area contributed by atoms with Gasteiger partial charge in [0, 0.05) is 44.8 Å². The van der Waals surface area contributed by atoms with Crippen LogP contribution in [0.15, 0.2) is 30.3 Å². The standard InChI is InChI=1S/C20H26N4O5/c1-2-29-20(28)23-10-8-22(9-11-23)18(26)13-21-19(27)15-12-17(25)24(14-15)16-6-4-3-5-7-16/h3-7,15H,2,8-14H2,1H3,(H,21,27). The fourth-order valence-corrected chi connectivity index (χ4v) is 3.51. The number of nitrogens with zero attached hydrogens (tertiary/aromatic N) is 3. The lowest BCUT2D eigenvalue weighted by Crippen LogP contribution is -2.53. The third kappa shape index (κ3) is 5.04. The van der Waals surface area contributed by atoms with Crippen LogP contribution >= 0.6 is 0 Å². The molecule has 1 aromatic rings. The number of nitrogens with one attached hydrogen (secondary N) is 1. The Kier molecular flexibility index (Phi) is 6.69. The van der Waals surface area contributed by atoms with Gasteiger partial charge in [-0.3, -0.25) is 14.4 Å². The van der Waals surface area contributed by atoms with Crippen molar-refractivity contribution in [3.05, 3.63) is 30.3 Å².